The van der Waals surface area contributed by atoms with Crippen LogP contribution in [0.4, 0.5) is 0 Å². The molecule has 2 atom stereocenters. The maximum absolute atomic E-state index is 13.0. The van der Waals surface area contributed by atoms with Crippen molar-refractivity contribution < 1.29 is 8.42 Å². The molecule has 3 aromatic rings. The van der Waals surface area contributed by atoms with Crippen LogP contribution in [0.15, 0.2) is 59.6 Å². The minimum atomic E-state index is -3.56. The molecule has 0 saturated carbocycles. The molecule has 128 valence electrons. The van der Waals surface area contributed by atoms with E-state index in [9.17, 15) is 8.42 Å². The molecule has 25 heavy (non-hydrogen) atoms. The Morgan fingerprint density at radius 3 is 2.48 bits per heavy atom. The predicted octanol–water partition coefficient (Wildman–Crippen LogP) is 3.44. The molecule has 1 aliphatic carbocycles. The molecule has 0 bridgehead atoms. The molecule has 4 nitrogen and oxygen atoms in total. The van der Waals surface area contributed by atoms with Gasteiger partial charge in [0, 0.05) is 11.6 Å². The molecule has 0 amide bonds. The van der Waals surface area contributed by atoms with Gasteiger partial charge in [-0.3, -0.25) is 0 Å². The highest BCUT2D eigenvalue weighted by molar-refractivity contribution is 7.90. The number of hydrogen-bond donors (Lipinski definition) is 1. The second kappa shape index (κ2) is 5.44. The summed E-state index contributed by atoms with van der Waals surface area (Å²) in [7, 11) is -3.56. The van der Waals surface area contributed by atoms with E-state index < -0.39 is 10.0 Å². The molecule has 1 N–H and O–H groups in total. The Hall–Kier alpha value is -2.11. The van der Waals surface area contributed by atoms with Crippen LogP contribution >= 0.6 is 0 Å². The number of benzene rings is 2. The summed E-state index contributed by atoms with van der Waals surface area (Å²) in [4.78, 5) is 0.326. The van der Waals surface area contributed by atoms with Crippen LogP contribution in [-0.2, 0) is 10.0 Å². The maximum Gasteiger partial charge on any atom is 0.268 e. The Balaban J connectivity index is 1.67. The minimum Gasteiger partial charge on any atom is -0.317 e. The van der Waals surface area contributed by atoms with Crippen molar-refractivity contribution in [1.82, 2.24) is 9.29 Å². The van der Waals surface area contributed by atoms with Gasteiger partial charge in [0.2, 0.25) is 0 Å². The summed E-state index contributed by atoms with van der Waals surface area (Å²) in [6, 6.07) is 14.7. The molecule has 1 aliphatic heterocycles. The van der Waals surface area contributed by atoms with E-state index in [4.69, 9.17) is 0 Å². The summed E-state index contributed by atoms with van der Waals surface area (Å²) in [5.41, 5.74) is 3.57. The van der Waals surface area contributed by atoms with E-state index in [1.54, 1.807) is 30.5 Å². The maximum atomic E-state index is 13.0. The average Bonchev–Trinajstić information content (AvgIpc) is 2.94. The fourth-order valence-corrected chi connectivity index (χ4v) is 5.92. The predicted molar refractivity (Wildman–Crippen MR) is 98.5 cm³/mol. The molecule has 0 unspecified atom stereocenters. The van der Waals surface area contributed by atoms with E-state index in [1.807, 2.05) is 18.2 Å². The lowest BCUT2D eigenvalue weighted by atomic mass is 9.64. The second-order valence-electron chi connectivity index (χ2n) is 6.97. The fourth-order valence-electron chi connectivity index (χ4n) is 4.55. The largest absolute Gasteiger partial charge is 0.317 e. The Bertz CT molecular complexity index is 1050. The third-order valence-corrected chi connectivity index (χ3v) is 7.44. The van der Waals surface area contributed by atoms with Crippen molar-refractivity contribution in [2.24, 2.45) is 0 Å². The summed E-state index contributed by atoms with van der Waals surface area (Å²) in [6.07, 6.45) is 4.01. The smallest absolute Gasteiger partial charge is 0.268 e. The van der Waals surface area contributed by atoms with Gasteiger partial charge in [-0.25, -0.2) is 12.4 Å². The lowest BCUT2D eigenvalue weighted by molar-refractivity contribution is 0.462. The quantitative estimate of drug-likeness (QED) is 0.769. The summed E-state index contributed by atoms with van der Waals surface area (Å²) >= 11 is 0. The van der Waals surface area contributed by atoms with Gasteiger partial charge in [0.05, 0.1) is 10.4 Å². The lowest BCUT2D eigenvalue weighted by Crippen LogP contribution is -2.24. The van der Waals surface area contributed by atoms with E-state index in [0.717, 1.165) is 30.4 Å². The SMILES string of the molecule is O=S(=O)(c1ccccc1)n1ccc2c3c(ccc21)[C@H]1CCNCC[C@@H]31. The summed E-state index contributed by atoms with van der Waals surface area (Å²) in [5.74, 6) is 1.19. The Labute approximate surface area is 147 Å². The van der Waals surface area contributed by atoms with Crippen LogP contribution in [0.1, 0.15) is 35.8 Å². The zero-order chi connectivity index (χ0) is 17.0. The van der Waals surface area contributed by atoms with Crippen molar-refractivity contribution in [2.45, 2.75) is 29.6 Å². The highest BCUT2D eigenvalue weighted by Crippen LogP contribution is 2.53. The molecule has 5 heteroatoms. The van der Waals surface area contributed by atoms with Crippen molar-refractivity contribution in [3.63, 3.8) is 0 Å². The Morgan fingerprint density at radius 1 is 0.920 bits per heavy atom. The highest BCUT2D eigenvalue weighted by Gasteiger charge is 2.39. The topological polar surface area (TPSA) is 51.1 Å². The third-order valence-electron chi connectivity index (χ3n) is 5.73. The summed E-state index contributed by atoms with van der Waals surface area (Å²) < 4.78 is 27.5. The van der Waals surface area contributed by atoms with Gasteiger partial charge in [-0.05, 0) is 73.2 Å². The van der Waals surface area contributed by atoms with E-state index in [2.05, 4.69) is 11.4 Å². The number of fused-ring (bicyclic) bond motifs is 6. The van der Waals surface area contributed by atoms with Crippen LogP contribution in [0.2, 0.25) is 0 Å². The first kappa shape index (κ1) is 15.2. The molecule has 0 spiro atoms. The molecular formula is C20H20N2O2S. The first-order valence-corrected chi connectivity index (χ1v) is 10.3. The summed E-state index contributed by atoms with van der Waals surface area (Å²) in [6.45, 7) is 2.11. The van der Waals surface area contributed by atoms with E-state index in [0.29, 0.717) is 16.7 Å². The van der Waals surface area contributed by atoms with Crippen LogP contribution < -0.4 is 5.32 Å². The molecular weight excluding hydrogens is 332 g/mol. The van der Waals surface area contributed by atoms with Gasteiger partial charge in [0.25, 0.3) is 10.0 Å². The standard InChI is InChI=1S/C20H20N2O2S/c23-25(24,14-4-2-1-3-5-14)22-13-10-18-19(22)7-6-16-15-8-11-21-12-9-17(15)20(16)18/h1-7,10,13,15,17,21H,8-9,11-12H2/t15-,17-/m1/s1. The van der Waals surface area contributed by atoms with Crippen LogP contribution in [0, 0.1) is 0 Å². The zero-order valence-corrected chi connectivity index (χ0v) is 14.7. The summed E-state index contributed by atoms with van der Waals surface area (Å²) in [5, 5.41) is 4.58. The van der Waals surface area contributed by atoms with Crippen LogP contribution in [0.25, 0.3) is 10.9 Å². The number of nitrogens with zero attached hydrogens (tertiary/aromatic N) is 1. The van der Waals surface area contributed by atoms with Gasteiger partial charge < -0.3 is 5.32 Å². The average molecular weight is 352 g/mol. The minimum absolute atomic E-state index is 0.326. The van der Waals surface area contributed by atoms with Gasteiger partial charge >= 0.3 is 0 Å². The van der Waals surface area contributed by atoms with E-state index >= 15 is 0 Å². The molecule has 2 heterocycles. The van der Waals surface area contributed by atoms with Gasteiger partial charge in [-0.2, -0.15) is 0 Å². The van der Waals surface area contributed by atoms with Gasteiger partial charge in [-0.1, -0.05) is 24.3 Å². The van der Waals surface area contributed by atoms with Crippen LogP contribution in [0.3, 0.4) is 0 Å². The number of aromatic nitrogens is 1. The zero-order valence-electron chi connectivity index (χ0n) is 13.9. The van der Waals surface area contributed by atoms with Gasteiger partial charge in [0.15, 0.2) is 0 Å². The van der Waals surface area contributed by atoms with Crippen molar-refractivity contribution in [2.75, 3.05) is 13.1 Å². The Kier molecular flexibility index (Phi) is 3.30. The molecule has 5 rings (SSSR count). The first-order chi connectivity index (χ1) is 12.2. The molecule has 0 radical (unpaired) electrons. The fraction of sp³-hybridized carbons (Fsp3) is 0.300. The first-order valence-electron chi connectivity index (χ1n) is 8.83. The molecule has 1 saturated heterocycles. The van der Waals surface area contributed by atoms with Gasteiger partial charge in [0.1, 0.15) is 0 Å². The van der Waals surface area contributed by atoms with E-state index in [1.165, 1.54) is 21.5 Å². The molecule has 2 aliphatic rings. The van der Waals surface area contributed by atoms with Crippen molar-refractivity contribution in [3.05, 3.63) is 65.9 Å². The lowest BCUT2D eigenvalue weighted by Gasteiger charge is -2.39. The molecule has 1 aromatic heterocycles. The second-order valence-corrected chi connectivity index (χ2v) is 8.79. The van der Waals surface area contributed by atoms with Crippen molar-refractivity contribution in [3.8, 4) is 0 Å². The normalized spacial score (nSPS) is 22.7. The number of nitrogens with one attached hydrogen (secondary N) is 1. The van der Waals surface area contributed by atoms with Crippen molar-refractivity contribution in [1.29, 1.82) is 0 Å². The van der Waals surface area contributed by atoms with Gasteiger partial charge in [-0.15, -0.1) is 0 Å². The monoisotopic (exact) mass is 352 g/mol. The molecule has 1 fully saturated rings. The van der Waals surface area contributed by atoms with Crippen LogP contribution in [0.5, 0.6) is 0 Å². The third kappa shape index (κ3) is 2.12. The van der Waals surface area contributed by atoms with E-state index in [-0.39, 0.29) is 0 Å². The van der Waals surface area contributed by atoms with Crippen LogP contribution in [-0.4, -0.2) is 25.5 Å². The van der Waals surface area contributed by atoms with Crippen molar-refractivity contribution >= 4 is 20.9 Å². The number of hydrogen-bond acceptors (Lipinski definition) is 3. The highest BCUT2D eigenvalue weighted by atomic mass is 32.2. The molecule has 2 aromatic carbocycles. The Morgan fingerprint density at radius 2 is 1.68 bits per heavy atom. The number of rotatable bonds is 2.